The van der Waals surface area contributed by atoms with Crippen LogP contribution in [0.2, 0.25) is 19.6 Å². The topological polar surface area (TPSA) is 33.1 Å². The minimum atomic E-state index is -1.32. The standard InChI is InChI=1S/C13H19NOSi/c1-11(15)9-12-5-6-13(14-10-12)7-8-16(2,3)4/h5-6,10-11,15H,9H2,1-4H3. The van der Waals surface area contributed by atoms with Crippen LogP contribution in [0.5, 0.6) is 0 Å². The van der Waals surface area contributed by atoms with Crippen molar-refractivity contribution >= 4 is 8.07 Å². The fraction of sp³-hybridized carbons (Fsp3) is 0.462. The Hall–Kier alpha value is -1.11. The molecule has 1 N–H and O–H groups in total. The first-order valence-electron chi connectivity index (χ1n) is 5.53. The highest BCUT2D eigenvalue weighted by Gasteiger charge is 2.07. The van der Waals surface area contributed by atoms with Gasteiger partial charge in [0, 0.05) is 6.20 Å². The summed E-state index contributed by atoms with van der Waals surface area (Å²) in [6.45, 7) is 8.41. The molecular formula is C13H19NOSi. The normalized spacial score (nSPS) is 12.8. The molecule has 0 aromatic carbocycles. The smallest absolute Gasteiger partial charge is 0.129 e. The Balaban J connectivity index is 2.75. The van der Waals surface area contributed by atoms with E-state index < -0.39 is 8.07 Å². The number of hydrogen-bond acceptors (Lipinski definition) is 2. The molecule has 1 unspecified atom stereocenters. The predicted molar refractivity (Wildman–Crippen MR) is 69.8 cm³/mol. The van der Waals surface area contributed by atoms with E-state index in [1.54, 1.807) is 13.1 Å². The van der Waals surface area contributed by atoms with Crippen molar-refractivity contribution in [3.8, 4) is 11.5 Å². The second-order valence-corrected chi connectivity index (χ2v) is 9.85. The number of nitrogens with zero attached hydrogens (tertiary/aromatic N) is 1. The monoisotopic (exact) mass is 233 g/mol. The molecule has 86 valence electrons. The molecule has 0 bridgehead atoms. The maximum Gasteiger partial charge on any atom is 0.129 e. The Morgan fingerprint density at radius 1 is 1.38 bits per heavy atom. The van der Waals surface area contributed by atoms with Gasteiger partial charge in [-0.3, -0.25) is 0 Å². The van der Waals surface area contributed by atoms with Crippen molar-refractivity contribution in [3.63, 3.8) is 0 Å². The summed E-state index contributed by atoms with van der Waals surface area (Å²) in [6.07, 6.45) is 2.12. The van der Waals surface area contributed by atoms with E-state index in [1.807, 2.05) is 12.1 Å². The van der Waals surface area contributed by atoms with Gasteiger partial charge in [0.2, 0.25) is 0 Å². The highest BCUT2D eigenvalue weighted by molar-refractivity contribution is 6.83. The molecule has 0 saturated heterocycles. The molecule has 1 aromatic rings. The van der Waals surface area contributed by atoms with Gasteiger partial charge in [-0.15, -0.1) is 5.54 Å². The zero-order valence-electron chi connectivity index (χ0n) is 10.4. The molecule has 0 fully saturated rings. The van der Waals surface area contributed by atoms with Crippen LogP contribution in [0.4, 0.5) is 0 Å². The lowest BCUT2D eigenvalue weighted by Crippen LogP contribution is -2.16. The quantitative estimate of drug-likeness (QED) is 0.628. The van der Waals surface area contributed by atoms with Gasteiger partial charge in [-0.1, -0.05) is 31.6 Å². The Morgan fingerprint density at radius 3 is 2.50 bits per heavy atom. The average Bonchev–Trinajstić information content (AvgIpc) is 2.14. The minimum Gasteiger partial charge on any atom is -0.393 e. The summed E-state index contributed by atoms with van der Waals surface area (Å²) in [5, 5.41) is 9.23. The van der Waals surface area contributed by atoms with Crippen LogP contribution >= 0.6 is 0 Å². The molecule has 0 amide bonds. The fourth-order valence-electron chi connectivity index (χ4n) is 1.21. The van der Waals surface area contributed by atoms with E-state index in [0.29, 0.717) is 6.42 Å². The number of rotatable bonds is 2. The predicted octanol–water partition coefficient (Wildman–Crippen LogP) is 2.23. The number of aliphatic hydroxyl groups is 1. The van der Waals surface area contributed by atoms with Crippen LogP contribution in [0, 0.1) is 11.5 Å². The van der Waals surface area contributed by atoms with Crippen LogP contribution in [0.3, 0.4) is 0 Å². The van der Waals surface area contributed by atoms with E-state index in [4.69, 9.17) is 0 Å². The molecule has 0 spiro atoms. The van der Waals surface area contributed by atoms with Crippen molar-refractivity contribution in [2.45, 2.75) is 39.1 Å². The van der Waals surface area contributed by atoms with Gasteiger partial charge in [0.05, 0.1) is 6.10 Å². The lowest BCUT2D eigenvalue weighted by molar-refractivity contribution is 0.195. The van der Waals surface area contributed by atoms with Crippen LogP contribution in [0.25, 0.3) is 0 Å². The van der Waals surface area contributed by atoms with Crippen LogP contribution < -0.4 is 0 Å². The molecule has 3 heteroatoms. The van der Waals surface area contributed by atoms with Crippen LogP contribution in [0.15, 0.2) is 18.3 Å². The van der Waals surface area contributed by atoms with Crippen molar-refractivity contribution in [1.29, 1.82) is 0 Å². The molecule has 2 nitrogen and oxygen atoms in total. The maximum atomic E-state index is 9.23. The van der Waals surface area contributed by atoms with Gasteiger partial charge in [0.1, 0.15) is 13.8 Å². The SMILES string of the molecule is CC(O)Cc1ccc(C#C[Si](C)(C)C)nc1. The Bertz CT molecular complexity index is 393. The van der Waals surface area contributed by atoms with Gasteiger partial charge in [-0.05, 0) is 25.0 Å². The highest BCUT2D eigenvalue weighted by Crippen LogP contribution is 2.04. The summed E-state index contributed by atoms with van der Waals surface area (Å²) < 4.78 is 0. The molecular weight excluding hydrogens is 214 g/mol. The number of aliphatic hydroxyl groups excluding tert-OH is 1. The first-order chi connectivity index (χ1) is 7.37. The van der Waals surface area contributed by atoms with E-state index >= 15 is 0 Å². The molecule has 0 radical (unpaired) electrons. The molecule has 0 aliphatic carbocycles. The number of pyridine rings is 1. The molecule has 0 aliphatic heterocycles. The van der Waals surface area contributed by atoms with Gasteiger partial charge in [0.15, 0.2) is 0 Å². The summed E-state index contributed by atoms with van der Waals surface area (Å²) in [7, 11) is -1.32. The van der Waals surface area contributed by atoms with Crippen molar-refractivity contribution in [2.24, 2.45) is 0 Å². The summed E-state index contributed by atoms with van der Waals surface area (Å²) in [5.41, 5.74) is 5.14. The van der Waals surface area contributed by atoms with E-state index in [2.05, 4.69) is 36.1 Å². The zero-order chi connectivity index (χ0) is 12.2. The van der Waals surface area contributed by atoms with E-state index in [1.165, 1.54) is 0 Å². The molecule has 1 rings (SSSR count). The fourth-order valence-corrected chi connectivity index (χ4v) is 1.71. The minimum absolute atomic E-state index is 0.319. The molecule has 1 atom stereocenters. The Morgan fingerprint density at radius 2 is 2.06 bits per heavy atom. The summed E-state index contributed by atoms with van der Waals surface area (Å²) >= 11 is 0. The maximum absolute atomic E-state index is 9.23. The molecule has 1 heterocycles. The largest absolute Gasteiger partial charge is 0.393 e. The lowest BCUT2D eigenvalue weighted by Gasteiger charge is -2.04. The molecule has 1 aromatic heterocycles. The highest BCUT2D eigenvalue weighted by atomic mass is 28.3. The van der Waals surface area contributed by atoms with Crippen molar-refractivity contribution in [1.82, 2.24) is 4.98 Å². The Labute approximate surface area is 98.7 Å². The molecule has 0 saturated carbocycles. The van der Waals surface area contributed by atoms with Crippen molar-refractivity contribution in [3.05, 3.63) is 29.6 Å². The average molecular weight is 233 g/mol. The summed E-state index contributed by atoms with van der Waals surface area (Å²) in [4.78, 5) is 4.27. The van der Waals surface area contributed by atoms with E-state index in [9.17, 15) is 5.11 Å². The van der Waals surface area contributed by atoms with Crippen LogP contribution in [-0.2, 0) is 6.42 Å². The summed E-state index contributed by atoms with van der Waals surface area (Å²) in [5.74, 6) is 3.10. The van der Waals surface area contributed by atoms with E-state index in [-0.39, 0.29) is 6.10 Å². The van der Waals surface area contributed by atoms with Crippen LogP contribution in [-0.4, -0.2) is 24.3 Å². The van der Waals surface area contributed by atoms with Gasteiger partial charge < -0.3 is 5.11 Å². The third-order valence-electron chi connectivity index (χ3n) is 1.92. The van der Waals surface area contributed by atoms with Gasteiger partial charge >= 0.3 is 0 Å². The summed E-state index contributed by atoms with van der Waals surface area (Å²) in [6, 6.07) is 3.90. The first-order valence-corrected chi connectivity index (χ1v) is 9.03. The Kier molecular flexibility index (Phi) is 4.28. The van der Waals surface area contributed by atoms with Gasteiger partial charge in [-0.2, -0.15) is 0 Å². The molecule has 16 heavy (non-hydrogen) atoms. The second-order valence-electron chi connectivity index (χ2n) is 5.10. The third kappa shape index (κ3) is 5.10. The molecule has 0 aliphatic rings. The number of aromatic nitrogens is 1. The lowest BCUT2D eigenvalue weighted by atomic mass is 10.1. The number of hydrogen-bond donors (Lipinski definition) is 1. The van der Waals surface area contributed by atoms with Crippen LogP contribution in [0.1, 0.15) is 18.2 Å². The first kappa shape index (κ1) is 13.0. The van der Waals surface area contributed by atoms with Gasteiger partial charge in [-0.25, -0.2) is 4.98 Å². The second kappa shape index (κ2) is 5.29. The van der Waals surface area contributed by atoms with E-state index in [0.717, 1.165) is 11.3 Å². The van der Waals surface area contributed by atoms with Gasteiger partial charge in [0.25, 0.3) is 0 Å². The zero-order valence-corrected chi connectivity index (χ0v) is 11.4. The third-order valence-corrected chi connectivity index (χ3v) is 2.80. The van der Waals surface area contributed by atoms with Crippen molar-refractivity contribution < 1.29 is 5.11 Å². The van der Waals surface area contributed by atoms with Crippen molar-refractivity contribution in [2.75, 3.05) is 0 Å².